The van der Waals surface area contributed by atoms with E-state index in [1.807, 2.05) is 27.7 Å². The minimum Gasteiger partial charge on any atom is -0.481 e. The Morgan fingerprint density at radius 3 is 2.32 bits per heavy atom. The summed E-state index contributed by atoms with van der Waals surface area (Å²) in [5.74, 6) is 0.294. The molecular weight excluding hydrogens is 248 g/mol. The molecule has 0 aromatic carbocycles. The van der Waals surface area contributed by atoms with Crippen LogP contribution in [0.25, 0.3) is 0 Å². The van der Waals surface area contributed by atoms with Crippen molar-refractivity contribution in [3.8, 4) is 5.88 Å². The average molecular weight is 267 g/mol. The van der Waals surface area contributed by atoms with Crippen LogP contribution in [0, 0.1) is 0 Å². The highest BCUT2D eigenvalue weighted by molar-refractivity contribution is 6.62. The van der Waals surface area contributed by atoms with E-state index in [4.69, 9.17) is 14.0 Å². The molecule has 4 nitrogen and oxygen atoms in total. The number of alkyl halides is 1. The molecule has 0 N–H and O–H groups in total. The normalized spacial score (nSPS) is 20.6. The highest BCUT2D eigenvalue weighted by Crippen LogP contribution is 2.36. The Hall–Kier alpha value is -1.14. The highest BCUT2D eigenvalue weighted by Gasteiger charge is 2.51. The van der Waals surface area contributed by atoms with Crippen LogP contribution in [0.2, 0.25) is 0 Å². The molecule has 1 aliphatic rings. The Morgan fingerprint density at radius 1 is 1.26 bits per heavy atom. The van der Waals surface area contributed by atoms with Crippen molar-refractivity contribution in [2.75, 3.05) is 7.11 Å². The lowest BCUT2D eigenvalue weighted by Gasteiger charge is -2.32. The second kappa shape index (κ2) is 4.76. The number of ether oxygens (including phenoxy) is 1. The van der Waals surface area contributed by atoms with E-state index in [-0.39, 0.29) is 0 Å². The summed E-state index contributed by atoms with van der Waals surface area (Å²) in [6.45, 7) is 7.25. The largest absolute Gasteiger partial charge is 0.496 e. The highest BCUT2D eigenvalue weighted by atomic mass is 19.1. The standard InChI is InChI=1S/C13H19BFNO3/c1-12(2)13(3,4)19-14(18-12)10-6-9(7-15)11(17-5)16-8-10/h6,8H,7H2,1-5H3. The first-order valence-electron chi connectivity index (χ1n) is 6.25. The van der Waals surface area contributed by atoms with Crippen LogP contribution in [0.15, 0.2) is 12.3 Å². The van der Waals surface area contributed by atoms with Crippen LogP contribution in [0.4, 0.5) is 4.39 Å². The summed E-state index contributed by atoms with van der Waals surface area (Å²) in [5, 5.41) is 0. The lowest BCUT2D eigenvalue weighted by molar-refractivity contribution is 0.00578. The summed E-state index contributed by atoms with van der Waals surface area (Å²) in [6.07, 6.45) is 1.60. The maximum absolute atomic E-state index is 12.9. The molecule has 19 heavy (non-hydrogen) atoms. The van der Waals surface area contributed by atoms with Crippen LogP contribution in [0.3, 0.4) is 0 Å². The van der Waals surface area contributed by atoms with Gasteiger partial charge in [-0.05, 0) is 33.8 Å². The molecule has 104 valence electrons. The van der Waals surface area contributed by atoms with Gasteiger partial charge in [-0.2, -0.15) is 0 Å². The van der Waals surface area contributed by atoms with Crippen molar-refractivity contribution >= 4 is 12.6 Å². The number of rotatable bonds is 3. The van der Waals surface area contributed by atoms with Gasteiger partial charge in [0.05, 0.1) is 18.3 Å². The second-order valence-electron chi connectivity index (χ2n) is 5.66. The molecule has 0 amide bonds. The van der Waals surface area contributed by atoms with E-state index >= 15 is 0 Å². The molecule has 0 aliphatic carbocycles. The van der Waals surface area contributed by atoms with Gasteiger partial charge in [0, 0.05) is 17.2 Å². The van der Waals surface area contributed by atoms with Crippen molar-refractivity contribution in [3.05, 3.63) is 17.8 Å². The van der Waals surface area contributed by atoms with Crippen molar-refractivity contribution in [1.82, 2.24) is 4.98 Å². The van der Waals surface area contributed by atoms with Crippen LogP contribution in [-0.4, -0.2) is 30.4 Å². The van der Waals surface area contributed by atoms with Gasteiger partial charge in [-0.1, -0.05) is 0 Å². The molecule has 1 fully saturated rings. The number of halogens is 1. The van der Waals surface area contributed by atoms with Gasteiger partial charge in [-0.25, -0.2) is 9.37 Å². The first-order chi connectivity index (χ1) is 8.80. The summed E-state index contributed by atoms with van der Waals surface area (Å²) in [7, 11) is 0.935. The molecule has 0 unspecified atom stereocenters. The topological polar surface area (TPSA) is 40.6 Å². The summed E-state index contributed by atoms with van der Waals surface area (Å²) < 4.78 is 29.7. The van der Waals surface area contributed by atoms with Gasteiger partial charge in [0.15, 0.2) is 0 Å². The summed E-state index contributed by atoms with van der Waals surface area (Å²) in [5.41, 5.74) is 0.253. The SMILES string of the molecule is COc1ncc(B2OC(C)(C)C(C)(C)O2)cc1CF. The second-order valence-corrected chi connectivity index (χ2v) is 5.66. The predicted octanol–water partition coefficient (Wildman–Crippen LogP) is 1.86. The number of hydrogen-bond donors (Lipinski definition) is 0. The number of methoxy groups -OCH3 is 1. The third-order valence-corrected chi connectivity index (χ3v) is 3.81. The number of hydrogen-bond acceptors (Lipinski definition) is 4. The van der Waals surface area contributed by atoms with Crippen molar-refractivity contribution in [1.29, 1.82) is 0 Å². The maximum Gasteiger partial charge on any atom is 0.496 e. The molecule has 0 saturated carbocycles. The van der Waals surface area contributed by atoms with Crippen molar-refractivity contribution in [3.63, 3.8) is 0 Å². The minimum atomic E-state index is -0.635. The van der Waals surface area contributed by atoms with E-state index in [9.17, 15) is 4.39 Å². The summed E-state index contributed by atoms with van der Waals surface area (Å²) in [6, 6.07) is 1.67. The van der Waals surface area contributed by atoms with Crippen molar-refractivity contribution < 1.29 is 18.4 Å². The summed E-state index contributed by atoms with van der Waals surface area (Å²) in [4.78, 5) is 4.09. The van der Waals surface area contributed by atoms with Crippen LogP contribution in [0.1, 0.15) is 33.3 Å². The number of aromatic nitrogens is 1. The van der Waals surface area contributed by atoms with E-state index < -0.39 is 25.0 Å². The molecule has 1 aromatic heterocycles. The van der Waals surface area contributed by atoms with Gasteiger partial charge in [-0.3, -0.25) is 0 Å². The van der Waals surface area contributed by atoms with Gasteiger partial charge in [-0.15, -0.1) is 0 Å². The van der Waals surface area contributed by atoms with Crippen LogP contribution in [-0.2, 0) is 16.0 Å². The molecule has 6 heteroatoms. The van der Waals surface area contributed by atoms with Gasteiger partial charge in [0.2, 0.25) is 5.88 Å². The van der Waals surface area contributed by atoms with Gasteiger partial charge in [0.1, 0.15) is 6.67 Å². The molecule has 0 spiro atoms. The van der Waals surface area contributed by atoms with Gasteiger partial charge < -0.3 is 14.0 Å². The Morgan fingerprint density at radius 2 is 1.84 bits per heavy atom. The molecule has 2 heterocycles. The lowest BCUT2D eigenvalue weighted by atomic mass is 9.80. The van der Waals surface area contributed by atoms with Crippen molar-refractivity contribution in [2.45, 2.75) is 45.6 Å². The molecule has 1 aliphatic heterocycles. The number of pyridine rings is 1. The zero-order valence-electron chi connectivity index (χ0n) is 12.0. The van der Waals surface area contributed by atoms with Crippen molar-refractivity contribution in [2.24, 2.45) is 0 Å². The van der Waals surface area contributed by atoms with E-state index in [0.717, 1.165) is 0 Å². The third kappa shape index (κ3) is 2.47. The van der Waals surface area contributed by atoms with Crippen LogP contribution >= 0.6 is 0 Å². The zero-order chi connectivity index (χ0) is 14.3. The lowest BCUT2D eigenvalue weighted by Crippen LogP contribution is -2.41. The maximum atomic E-state index is 12.9. The van der Waals surface area contributed by atoms with Gasteiger partial charge >= 0.3 is 7.12 Å². The fraction of sp³-hybridized carbons (Fsp3) is 0.615. The fourth-order valence-electron chi connectivity index (χ4n) is 1.90. The third-order valence-electron chi connectivity index (χ3n) is 3.81. The fourth-order valence-corrected chi connectivity index (χ4v) is 1.90. The van der Waals surface area contributed by atoms with Gasteiger partial charge in [0.25, 0.3) is 0 Å². The molecular formula is C13H19BFNO3. The molecule has 1 saturated heterocycles. The first kappa shape index (κ1) is 14.3. The van der Waals surface area contributed by atoms with E-state index in [0.29, 0.717) is 16.9 Å². The Bertz CT molecular complexity index is 463. The minimum absolute atomic E-state index is 0.294. The molecule has 0 atom stereocenters. The smallest absolute Gasteiger partial charge is 0.481 e. The Balaban J connectivity index is 2.30. The quantitative estimate of drug-likeness (QED) is 0.784. The average Bonchev–Trinajstić information content (AvgIpc) is 2.57. The van der Waals surface area contributed by atoms with E-state index in [1.54, 1.807) is 12.3 Å². The van der Waals surface area contributed by atoms with E-state index in [1.165, 1.54) is 7.11 Å². The Labute approximate surface area is 113 Å². The zero-order valence-corrected chi connectivity index (χ0v) is 12.0. The van der Waals surface area contributed by atoms with Crippen LogP contribution < -0.4 is 10.2 Å². The Kier molecular flexibility index (Phi) is 3.58. The molecule has 1 aromatic rings. The predicted molar refractivity (Wildman–Crippen MR) is 71.3 cm³/mol. The first-order valence-corrected chi connectivity index (χ1v) is 6.25. The molecule has 0 radical (unpaired) electrons. The number of nitrogens with zero attached hydrogens (tertiary/aromatic N) is 1. The van der Waals surface area contributed by atoms with Crippen LogP contribution in [0.5, 0.6) is 5.88 Å². The van der Waals surface area contributed by atoms with E-state index in [2.05, 4.69) is 4.98 Å². The molecule has 0 bridgehead atoms. The summed E-state index contributed by atoms with van der Waals surface area (Å²) >= 11 is 0. The molecule has 2 rings (SSSR count). The monoisotopic (exact) mass is 267 g/mol.